The molecule has 0 aromatic heterocycles. The maximum Gasteiger partial charge on any atom is 0.414 e. The normalized spacial score (nSPS) is 15.8. The van der Waals surface area contributed by atoms with Gasteiger partial charge >= 0.3 is 24.1 Å². The highest BCUT2D eigenvalue weighted by atomic mass is 32.2. The molecule has 2 aromatic carbocycles. The van der Waals surface area contributed by atoms with Crippen LogP contribution in [0.1, 0.15) is 46.0 Å². The number of hydrogen-bond acceptors (Lipinski definition) is 9. The van der Waals surface area contributed by atoms with Gasteiger partial charge in [0.25, 0.3) is 0 Å². The van der Waals surface area contributed by atoms with Crippen LogP contribution in [-0.2, 0) is 42.9 Å². The molecular formula is C27H28F3NO10S. The molecule has 228 valence electrons. The number of ether oxygens (including phenoxy) is 3. The number of aliphatic hydroxyl groups excluding tert-OH is 1. The van der Waals surface area contributed by atoms with E-state index in [0.29, 0.717) is 23.5 Å². The molecule has 3 N–H and O–H groups in total. The molecule has 0 aliphatic carbocycles. The summed E-state index contributed by atoms with van der Waals surface area (Å²) in [6.07, 6.45) is -8.43. The number of carbonyl (C=O) groups excluding carboxylic acids is 2. The summed E-state index contributed by atoms with van der Waals surface area (Å²) in [5, 5.41) is 21.3. The molecule has 3 rings (SSSR count). The fourth-order valence-corrected chi connectivity index (χ4v) is 5.59. The molecule has 0 saturated carbocycles. The molecule has 42 heavy (non-hydrogen) atoms. The molecule has 1 heterocycles. The molecule has 2 unspecified atom stereocenters. The van der Waals surface area contributed by atoms with Crippen molar-refractivity contribution < 1.29 is 60.4 Å². The molecule has 15 heteroatoms. The summed E-state index contributed by atoms with van der Waals surface area (Å²) in [7, 11) is -3.33. The Morgan fingerprint density at radius 1 is 1.19 bits per heavy atom. The van der Waals surface area contributed by atoms with Crippen molar-refractivity contribution in [3.8, 4) is 11.5 Å². The third-order valence-corrected chi connectivity index (χ3v) is 7.29. The zero-order chi connectivity index (χ0) is 31.6. The minimum Gasteiger partial charge on any atom is -0.496 e. The van der Waals surface area contributed by atoms with E-state index >= 15 is 0 Å². The SMILES string of the molecule is CCC(=O)Oc1c(C/C=C(/C(O)C(NS(C)(=O)=O)(C(=O)O)c2ccccc2)C(F)(F)F)c(OC)c(C)c2c1C(=O)OC2. The quantitative estimate of drug-likeness (QED) is 0.194. The largest absolute Gasteiger partial charge is 0.496 e. The topological polar surface area (TPSA) is 166 Å². The molecule has 0 spiro atoms. The molecule has 0 saturated heterocycles. The molecule has 0 amide bonds. The van der Waals surface area contributed by atoms with Gasteiger partial charge in [-0.05, 0) is 24.5 Å². The van der Waals surface area contributed by atoms with Gasteiger partial charge in [0.1, 0.15) is 24.0 Å². The minimum absolute atomic E-state index is 0.0416. The lowest BCUT2D eigenvalue weighted by Crippen LogP contribution is -2.60. The standard InChI is InChI=1S/C27H28F3NO10S/c1-5-19(32)41-22-16(21(39-3)14(2)17-13-40-24(34)20(17)22)11-12-18(27(28,29)30)23(33)26(25(35)36,31-42(4,37)38)15-9-7-6-8-10-15/h6-10,12,23,31,33H,5,11,13H2,1-4H3,(H,35,36)/b18-12-. The van der Waals surface area contributed by atoms with E-state index < -0.39 is 69.1 Å². The fraction of sp³-hybridized carbons (Fsp3) is 0.370. The lowest BCUT2D eigenvalue weighted by atomic mass is 9.81. The summed E-state index contributed by atoms with van der Waals surface area (Å²) in [5.41, 5.74) is -5.30. The molecule has 1 aliphatic heterocycles. The molecule has 0 bridgehead atoms. The second kappa shape index (κ2) is 12.1. The number of cyclic esters (lactones) is 1. The Kier molecular flexibility index (Phi) is 9.39. The van der Waals surface area contributed by atoms with Gasteiger partial charge in [0.05, 0.1) is 18.9 Å². The number of esters is 2. The second-order valence-corrected chi connectivity index (χ2v) is 11.1. The summed E-state index contributed by atoms with van der Waals surface area (Å²) in [5.74, 6) is -4.28. The highest BCUT2D eigenvalue weighted by Gasteiger charge is 2.55. The highest BCUT2D eigenvalue weighted by molar-refractivity contribution is 7.88. The molecule has 1 aliphatic rings. The van der Waals surface area contributed by atoms with Gasteiger partial charge in [-0.15, -0.1) is 0 Å². The van der Waals surface area contributed by atoms with Gasteiger partial charge < -0.3 is 24.4 Å². The number of sulfonamides is 1. The van der Waals surface area contributed by atoms with Gasteiger partial charge in [-0.1, -0.05) is 43.3 Å². The van der Waals surface area contributed by atoms with Gasteiger partial charge in [-0.25, -0.2) is 18.0 Å². The van der Waals surface area contributed by atoms with Crippen LogP contribution in [0.2, 0.25) is 0 Å². The lowest BCUT2D eigenvalue weighted by Gasteiger charge is -2.36. The second-order valence-electron chi connectivity index (χ2n) is 9.34. The van der Waals surface area contributed by atoms with Crippen molar-refractivity contribution in [3.05, 3.63) is 69.8 Å². The third kappa shape index (κ3) is 6.27. The summed E-state index contributed by atoms with van der Waals surface area (Å²) in [4.78, 5) is 37.3. The average Bonchev–Trinajstić information content (AvgIpc) is 3.29. The van der Waals surface area contributed by atoms with Crippen molar-refractivity contribution in [1.29, 1.82) is 0 Å². The van der Waals surface area contributed by atoms with Crippen LogP contribution in [-0.4, -0.2) is 62.2 Å². The minimum atomic E-state index is -5.40. The summed E-state index contributed by atoms with van der Waals surface area (Å²) < 4.78 is 85.5. The van der Waals surface area contributed by atoms with Crippen molar-refractivity contribution in [3.63, 3.8) is 0 Å². The van der Waals surface area contributed by atoms with E-state index in [9.17, 15) is 46.2 Å². The first kappa shape index (κ1) is 32.6. The highest BCUT2D eigenvalue weighted by Crippen LogP contribution is 2.44. The molecular weight excluding hydrogens is 587 g/mol. The third-order valence-electron chi connectivity index (χ3n) is 6.60. The summed E-state index contributed by atoms with van der Waals surface area (Å²) in [6, 6.07) is 6.02. The van der Waals surface area contributed by atoms with Crippen molar-refractivity contribution in [2.45, 2.75) is 51.1 Å². The van der Waals surface area contributed by atoms with Crippen LogP contribution < -0.4 is 14.2 Å². The van der Waals surface area contributed by atoms with Gasteiger partial charge in [-0.2, -0.15) is 17.9 Å². The maximum atomic E-state index is 14.5. The van der Waals surface area contributed by atoms with Crippen LogP contribution in [0.3, 0.4) is 0 Å². The van der Waals surface area contributed by atoms with Gasteiger partial charge in [0.2, 0.25) is 10.0 Å². The first-order valence-corrected chi connectivity index (χ1v) is 14.2. The van der Waals surface area contributed by atoms with E-state index in [1.54, 1.807) is 4.72 Å². The number of carboxylic acids is 1. The van der Waals surface area contributed by atoms with E-state index in [-0.39, 0.29) is 29.9 Å². The van der Waals surface area contributed by atoms with E-state index in [0.717, 1.165) is 12.1 Å². The Morgan fingerprint density at radius 2 is 1.81 bits per heavy atom. The Morgan fingerprint density at radius 3 is 2.31 bits per heavy atom. The smallest absolute Gasteiger partial charge is 0.414 e. The molecule has 11 nitrogen and oxygen atoms in total. The Labute approximate surface area is 238 Å². The van der Waals surface area contributed by atoms with Crippen molar-refractivity contribution in [2.24, 2.45) is 0 Å². The Hall–Kier alpha value is -3.95. The first-order valence-electron chi connectivity index (χ1n) is 12.3. The number of methoxy groups -OCH3 is 1. The Bertz CT molecular complexity index is 1540. The van der Waals surface area contributed by atoms with Crippen LogP contribution in [0.4, 0.5) is 13.2 Å². The van der Waals surface area contributed by atoms with Crippen LogP contribution in [0.5, 0.6) is 11.5 Å². The van der Waals surface area contributed by atoms with Crippen molar-refractivity contribution in [2.75, 3.05) is 13.4 Å². The molecule has 0 fully saturated rings. The number of allylic oxidation sites excluding steroid dienone is 1. The molecule has 2 atom stereocenters. The molecule has 0 radical (unpaired) electrons. The van der Waals surface area contributed by atoms with Crippen molar-refractivity contribution >= 4 is 27.9 Å². The van der Waals surface area contributed by atoms with Crippen LogP contribution in [0, 0.1) is 6.92 Å². The number of nitrogens with one attached hydrogen (secondary N) is 1. The number of aliphatic carboxylic acids is 1. The molecule has 2 aromatic rings. The zero-order valence-electron chi connectivity index (χ0n) is 22.9. The predicted molar refractivity (Wildman–Crippen MR) is 140 cm³/mol. The number of fused-ring (bicyclic) bond motifs is 1. The van der Waals surface area contributed by atoms with Crippen LogP contribution in [0.25, 0.3) is 0 Å². The number of alkyl halides is 3. The average molecular weight is 616 g/mol. The van der Waals surface area contributed by atoms with Crippen LogP contribution >= 0.6 is 0 Å². The number of halogens is 3. The van der Waals surface area contributed by atoms with E-state index in [1.807, 2.05) is 0 Å². The fourth-order valence-electron chi connectivity index (χ4n) is 4.69. The van der Waals surface area contributed by atoms with Crippen LogP contribution in [0.15, 0.2) is 42.0 Å². The number of aliphatic hydroxyl groups is 1. The van der Waals surface area contributed by atoms with E-state index in [2.05, 4.69) is 0 Å². The monoisotopic (exact) mass is 615 g/mol. The number of benzene rings is 2. The summed E-state index contributed by atoms with van der Waals surface area (Å²) >= 11 is 0. The number of hydrogen-bond donors (Lipinski definition) is 3. The number of carbonyl (C=O) groups is 3. The van der Waals surface area contributed by atoms with Gasteiger partial charge in [0.15, 0.2) is 11.3 Å². The lowest BCUT2D eigenvalue weighted by molar-refractivity contribution is -0.152. The maximum absolute atomic E-state index is 14.5. The first-order chi connectivity index (χ1) is 19.5. The summed E-state index contributed by atoms with van der Waals surface area (Å²) in [6.45, 7) is 2.76. The van der Waals surface area contributed by atoms with E-state index in [4.69, 9.17) is 14.2 Å². The van der Waals surface area contributed by atoms with Gasteiger partial charge in [-0.3, -0.25) is 4.79 Å². The predicted octanol–water partition coefficient (Wildman–Crippen LogP) is 2.91. The number of rotatable bonds is 11. The van der Waals surface area contributed by atoms with E-state index in [1.165, 1.54) is 39.2 Å². The Balaban J connectivity index is 2.32. The number of carboxylic acid groups (broad SMARTS) is 1. The zero-order valence-corrected chi connectivity index (χ0v) is 23.7. The van der Waals surface area contributed by atoms with Crippen molar-refractivity contribution in [1.82, 2.24) is 4.72 Å². The van der Waals surface area contributed by atoms with Gasteiger partial charge in [0, 0.05) is 17.5 Å².